The number of ether oxygens (including phenoxy) is 3. The summed E-state index contributed by atoms with van der Waals surface area (Å²) in [6, 6.07) is 7.76. The van der Waals surface area contributed by atoms with Gasteiger partial charge in [0.1, 0.15) is 27.0 Å². The third-order valence-electron chi connectivity index (χ3n) is 6.44. The van der Waals surface area contributed by atoms with Crippen LogP contribution in [0.25, 0.3) is 0 Å². The summed E-state index contributed by atoms with van der Waals surface area (Å²) in [5.74, 6) is -1.34. The van der Waals surface area contributed by atoms with Gasteiger partial charge >= 0.3 is 0 Å². The first-order valence-electron chi connectivity index (χ1n) is 11.3. The highest BCUT2D eigenvalue weighted by Crippen LogP contribution is 2.53. The minimum atomic E-state index is -3.97. The van der Waals surface area contributed by atoms with Crippen LogP contribution in [-0.4, -0.2) is 44.8 Å². The summed E-state index contributed by atoms with van der Waals surface area (Å²) in [7, 11) is -1.17. The molecule has 0 saturated heterocycles. The second-order valence-corrected chi connectivity index (χ2v) is 11.6. The molecule has 2 aromatic carbocycles. The molecule has 10 nitrogen and oxygen atoms in total. The number of ketones is 2. The van der Waals surface area contributed by atoms with Gasteiger partial charge in [0.15, 0.2) is 10.9 Å². The molecule has 2 aliphatic rings. The Morgan fingerprint density at radius 2 is 1.92 bits per heavy atom. The number of anilines is 2. The largest absolute Gasteiger partial charge is 0.496 e. The van der Waals surface area contributed by atoms with E-state index in [4.69, 9.17) is 25.8 Å². The van der Waals surface area contributed by atoms with Gasteiger partial charge in [-0.25, -0.2) is 13.4 Å². The van der Waals surface area contributed by atoms with E-state index in [2.05, 4.69) is 15.0 Å². The monoisotopic (exact) mass is 575 g/mol. The lowest BCUT2D eigenvalue weighted by molar-refractivity contribution is -0.129. The van der Waals surface area contributed by atoms with E-state index >= 15 is 0 Å². The molecule has 2 N–H and O–H groups in total. The van der Waals surface area contributed by atoms with Crippen LogP contribution in [0, 0.1) is 5.92 Å². The Kier molecular flexibility index (Phi) is 6.58. The van der Waals surface area contributed by atoms with Crippen LogP contribution in [0.1, 0.15) is 23.7 Å². The molecule has 5 rings (SSSR count). The number of rotatable bonds is 7. The maximum Gasteiger partial charge on any atom is 0.265 e. The molecule has 1 aliphatic carbocycles. The Bertz CT molecular complexity index is 1590. The molecule has 0 amide bonds. The Morgan fingerprint density at radius 1 is 1.18 bits per heavy atom. The second kappa shape index (κ2) is 9.61. The minimum absolute atomic E-state index is 0.0271. The van der Waals surface area contributed by atoms with Gasteiger partial charge in [-0.3, -0.25) is 14.3 Å². The molecule has 198 valence electrons. The van der Waals surface area contributed by atoms with Crippen molar-refractivity contribution in [1.82, 2.24) is 4.98 Å². The maximum atomic E-state index is 13.7. The van der Waals surface area contributed by atoms with Crippen molar-refractivity contribution in [3.63, 3.8) is 0 Å². The van der Waals surface area contributed by atoms with Gasteiger partial charge < -0.3 is 19.5 Å². The standard InChI is InChI=1S/C25H22ClN3O7S2/c1-13-10-14(28-15-6-4-5-7-18(15)38(32,33)29-24-27-8-9-37-24)11-19(30)25(13)23(31)20-16(34-2)12-17(35-3)21(26)22(20)36-25/h4-9,11-13,28H,10H2,1-3H3,(H,27,29)/t13-,25+/m1/s1. The number of nitrogens with one attached hydrogen (secondary N) is 2. The minimum Gasteiger partial charge on any atom is -0.496 e. The van der Waals surface area contributed by atoms with Crippen molar-refractivity contribution in [3.05, 3.63) is 64.3 Å². The van der Waals surface area contributed by atoms with Crippen LogP contribution < -0.4 is 24.2 Å². The van der Waals surface area contributed by atoms with Crippen molar-refractivity contribution < 1.29 is 32.2 Å². The summed E-state index contributed by atoms with van der Waals surface area (Å²) < 4.78 is 45.2. The third kappa shape index (κ3) is 4.08. The fraction of sp³-hybridized carbons (Fsp3) is 0.240. The van der Waals surface area contributed by atoms with Crippen molar-refractivity contribution in [1.29, 1.82) is 0 Å². The number of aromatic nitrogens is 1. The zero-order valence-corrected chi connectivity index (χ0v) is 22.8. The topological polar surface area (TPSA) is 133 Å². The molecular weight excluding hydrogens is 554 g/mol. The van der Waals surface area contributed by atoms with E-state index in [-0.39, 0.29) is 50.0 Å². The fourth-order valence-corrected chi connectivity index (χ4v) is 6.85. The summed E-state index contributed by atoms with van der Waals surface area (Å²) in [6.45, 7) is 1.71. The number of hydrogen-bond acceptors (Lipinski definition) is 10. The number of carbonyl (C=O) groups excluding carboxylic acids is 2. The molecule has 13 heteroatoms. The van der Waals surface area contributed by atoms with Gasteiger partial charge in [-0.05, 0) is 18.6 Å². The number of allylic oxidation sites excluding steroid dienone is 1. The van der Waals surface area contributed by atoms with E-state index in [1.807, 2.05) is 0 Å². The predicted molar refractivity (Wildman–Crippen MR) is 142 cm³/mol. The highest BCUT2D eigenvalue weighted by atomic mass is 35.5. The van der Waals surface area contributed by atoms with Crippen LogP contribution in [0.3, 0.4) is 0 Å². The third-order valence-corrected chi connectivity index (χ3v) is 9.01. The molecule has 1 spiro atoms. The summed E-state index contributed by atoms with van der Waals surface area (Å²) in [4.78, 5) is 31.2. The molecule has 3 aromatic rings. The number of hydrogen-bond donors (Lipinski definition) is 2. The molecule has 0 bridgehead atoms. The first-order valence-corrected chi connectivity index (χ1v) is 14.1. The fourth-order valence-electron chi connectivity index (χ4n) is 4.64. The molecule has 0 saturated carbocycles. The highest BCUT2D eigenvalue weighted by molar-refractivity contribution is 7.93. The molecule has 2 heterocycles. The van der Waals surface area contributed by atoms with Crippen molar-refractivity contribution in [2.45, 2.75) is 23.8 Å². The Labute approximate surface area is 227 Å². The zero-order chi connectivity index (χ0) is 27.2. The predicted octanol–water partition coefficient (Wildman–Crippen LogP) is 4.53. The summed E-state index contributed by atoms with van der Waals surface area (Å²) >= 11 is 7.58. The van der Waals surface area contributed by atoms with Crippen LogP contribution in [-0.2, 0) is 14.8 Å². The molecule has 0 radical (unpaired) electrons. The molecule has 2 atom stereocenters. The smallest absolute Gasteiger partial charge is 0.265 e. The number of para-hydroxylation sites is 1. The van der Waals surface area contributed by atoms with Crippen LogP contribution in [0.2, 0.25) is 5.02 Å². The quantitative estimate of drug-likeness (QED) is 0.390. The number of fused-ring (bicyclic) bond motifs is 1. The number of halogens is 1. The second-order valence-electron chi connectivity index (χ2n) is 8.67. The number of thiazole rings is 1. The average Bonchev–Trinajstić information content (AvgIpc) is 3.50. The van der Waals surface area contributed by atoms with Crippen LogP contribution in [0.4, 0.5) is 10.8 Å². The molecule has 1 aromatic heterocycles. The van der Waals surface area contributed by atoms with Crippen LogP contribution in [0.5, 0.6) is 17.2 Å². The van der Waals surface area contributed by atoms with Gasteiger partial charge in [-0.2, -0.15) is 0 Å². The maximum absolute atomic E-state index is 13.7. The number of carbonyl (C=O) groups is 2. The number of nitrogens with zero attached hydrogens (tertiary/aromatic N) is 1. The van der Waals surface area contributed by atoms with Crippen molar-refractivity contribution >= 4 is 55.3 Å². The zero-order valence-electron chi connectivity index (χ0n) is 20.4. The number of benzene rings is 2. The molecule has 1 aliphatic heterocycles. The van der Waals surface area contributed by atoms with Gasteiger partial charge in [0, 0.05) is 35.3 Å². The van der Waals surface area contributed by atoms with E-state index < -0.39 is 33.1 Å². The van der Waals surface area contributed by atoms with Gasteiger partial charge in [-0.15, -0.1) is 11.3 Å². The molecule has 0 unspecified atom stereocenters. The molecule has 38 heavy (non-hydrogen) atoms. The summed E-state index contributed by atoms with van der Waals surface area (Å²) in [5.41, 5.74) is -1.08. The summed E-state index contributed by atoms with van der Waals surface area (Å²) in [5, 5.41) is 5.00. The highest BCUT2D eigenvalue weighted by Gasteiger charge is 2.60. The first-order chi connectivity index (χ1) is 18.1. The SMILES string of the molecule is COc1cc(OC)c2c(c1Cl)O[C@@]1(C(=O)C=C(Nc3ccccc3S(=O)(=O)Nc3nccs3)C[C@H]1C)C2=O. The number of Topliss-reactive ketones (excluding diaryl/α,β-unsaturated/α-hetero) is 1. The van der Waals surface area contributed by atoms with Gasteiger partial charge in [0.2, 0.25) is 17.2 Å². The van der Waals surface area contributed by atoms with E-state index in [0.29, 0.717) is 5.70 Å². The van der Waals surface area contributed by atoms with Crippen LogP contribution in [0.15, 0.2) is 58.6 Å². The van der Waals surface area contributed by atoms with E-state index in [0.717, 1.165) is 11.3 Å². The van der Waals surface area contributed by atoms with Gasteiger partial charge in [0.25, 0.3) is 10.0 Å². The van der Waals surface area contributed by atoms with E-state index in [1.54, 1.807) is 30.5 Å². The van der Waals surface area contributed by atoms with Gasteiger partial charge in [-0.1, -0.05) is 30.7 Å². The van der Waals surface area contributed by atoms with E-state index in [9.17, 15) is 18.0 Å². The summed E-state index contributed by atoms with van der Waals surface area (Å²) in [6.07, 6.45) is 2.96. The molecular formula is C25H22ClN3O7S2. The van der Waals surface area contributed by atoms with Gasteiger partial charge in [0.05, 0.1) is 19.9 Å². The lowest BCUT2D eigenvalue weighted by Crippen LogP contribution is -2.55. The Balaban J connectivity index is 1.47. The Hall–Kier alpha value is -3.61. The van der Waals surface area contributed by atoms with Crippen molar-refractivity contribution in [2.24, 2.45) is 5.92 Å². The van der Waals surface area contributed by atoms with E-state index in [1.165, 1.54) is 38.6 Å². The van der Waals surface area contributed by atoms with Crippen molar-refractivity contribution in [3.8, 4) is 17.2 Å². The lowest BCUT2D eigenvalue weighted by atomic mass is 9.74. The van der Waals surface area contributed by atoms with Crippen molar-refractivity contribution in [2.75, 3.05) is 24.3 Å². The number of methoxy groups -OCH3 is 2. The van der Waals surface area contributed by atoms with Crippen LogP contribution >= 0.6 is 22.9 Å². The lowest BCUT2D eigenvalue weighted by Gasteiger charge is -2.35. The average molecular weight is 576 g/mol. The normalized spacial score (nSPS) is 20.5. The number of sulfonamides is 1. The molecule has 0 fully saturated rings. The Morgan fingerprint density at radius 3 is 2.58 bits per heavy atom. The first kappa shape index (κ1) is 26.0.